The highest BCUT2D eigenvalue weighted by atomic mass is 16.4. The van der Waals surface area contributed by atoms with E-state index in [4.69, 9.17) is 15.9 Å². The van der Waals surface area contributed by atoms with Crippen LogP contribution in [0.25, 0.3) is 10.9 Å². The zero-order valence-corrected chi connectivity index (χ0v) is 17.4. The number of aromatic amines is 1. The van der Waals surface area contributed by atoms with Crippen LogP contribution in [0.1, 0.15) is 32.3 Å². The molecule has 1 aromatic heterocycles. The molecule has 31 heavy (non-hydrogen) atoms. The maximum Gasteiger partial charge on any atom is 0.326 e. The highest BCUT2D eigenvalue weighted by Crippen LogP contribution is 2.19. The fraction of sp³-hybridized carbons (Fsp3) is 0.429. The first-order valence-electron chi connectivity index (χ1n) is 9.94. The van der Waals surface area contributed by atoms with Crippen molar-refractivity contribution in [1.29, 1.82) is 0 Å². The molecule has 0 radical (unpaired) electrons. The summed E-state index contributed by atoms with van der Waals surface area (Å²) >= 11 is 0. The predicted octanol–water partition coefficient (Wildman–Crippen LogP) is 0.613. The van der Waals surface area contributed by atoms with Crippen molar-refractivity contribution in [2.75, 3.05) is 0 Å². The van der Waals surface area contributed by atoms with E-state index >= 15 is 0 Å². The van der Waals surface area contributed by atoms with Crippen LogP contribution in [0.4, 0.5) is 0 Å². The van der Waals surface area contributed by atoms with E-state index < -0.39 is 48.3 Å². The number of nitrogens with two attached hydrogens (primary N) is 1. The van der Waals surface area contributed by atoms with Gasteiger partial charge in [-0.2, -0.15) is 0 Å². The summed E-state index contributed by atoms with van der Waals surface area (Å²) in [7, 11) is 0. The number of aromatic nitrogens is 1. The molecule has 7 N–H and O–H groups in total. The zero-order chi connectivity index (χ0) is 23.1. The zero-order valence-electron chi connectivity index (χ0n) is 17.4. The number of carboxylic acid groups (broad SMARTS) is 2. The molecular formula is C21H28N4O6. The van der Waals surface area contributed by atoms with Crippen LogP contribution in [0.15, 0.2) is 30.5 Å². The number of carbonyl (C=O) groups is 4. The third-order valence-corrected chi connectivity index (χ3v) is 4.78. The molecule has 3 atom stereocenters. The average Bonchev–Trinajstić information content (AvgIpc) is 3.09. The Bertz CT molecular complexity index is 954. The maximum absolute atomic E-state index is 12.7. The fourth-order valence-electron chi connectivity index (χ4n) is 3.26. The van der Waals surface area contributed by atoms with E-state index in [1.54, 1.807) is 6.20 Å². The molecule has 0 aliphatic carbocycles. The number of carboxylic acids is 2. The lowest BCUT2D eigenvalue weighted by Crippen LogP contribution is -2.55. The third-order valence-electron chi connectivity index (χ3n) is 4.78. The topological polar surface area (TPSA) is 175 Å². The number of nitrogens with one attached hydrogen (secondary N) is 3. The summed E-state index contributed by atoms with van der Waals surface area (Å²) < 4.78 is 0. The van der Waals surface area contributed by atoms with Gasteiger partial charge >= 0.3 is 11.9 Å². The van der Waals surface area contributed by atoms with Gasteiger partial charge in [0, 0.05) is 17.1 Å². The van der Waals surface area contributed by atoms with E-state index in [1.807, 2.05) is 38.1 Å². The maximum atomic E-state index is 12.7. The minimum Gasteiger partial charge on any atom is -0.481 e. The normalized spacial score (nSPS) is 14.1. The first-order valence-corrected chi connectivity index (χ1v) is 9.94. The molecule has 10 heteroatoms. The average molecular weight is 432 g/mol. The number of para-hydroxylation sites is 1. The quantitative estimate of drug-likeness (QED) is 0.301. The van der Waals surface area contributed by atoms with Gasteiger partial charge in [0.25, 0.3) is 0 Å². The minimum absolute atomic E-state index is 0.00337. The lowest BCUT2D eigenvalue weighted by molar-refractivity contribution is -0.147. The molecule has 0 fully saturated rings. The van der Waals surface area contributed by atoms with Gasteiger partial charge in [0.15, 0.2) is 0 Å². The molecular weight excluding hydrogens is 404 g/mol. The van der Waals surface area contributed by atoms with Crippen LogP contribution in [-0.4, -0.2) is 57.1 Å². The largest absolute Gasteiger partial charge is 0.481 e. The van der Waals surface area contributed by atoms with Crippen molar-refractivity contribution in [1.82, 2.24) is 15.6 Å². The lowest BCUT2D eigenvalue weighted by atomic mass is 10.0. The number of rotatable bonds is 11. The van der Waals surface area contributed by atoms with E-state index in [0.29, 0.717) is 0 Å². The van der Waals surface area contributed by atoms with Gasteiger partial charge in [-0.15, -0.1) is 0 Å². The second-order valence-corrected chi connectivity index (χ2v) is 7.86. The summed E-state index contributed by atoms with van der Waals surface area (Å²) in [5, 5.41) is 23.7. The summed E-state index contributed by atoms with van der Waals surface area (Å²) in [5.74, 6) is -4.16. The summed E-state index contributed by atoms with van der Waals surface area (Å²) in [6.07, 6.45) is 1.47. The van der Waals surface area contributed by atoms with Crippen LogP contribution in [0, 0.1) is 5.92 Å². The summed E-state index contributed by atoms with van der Waals surface area (Å²) in [6.45, 7) is 3.68. The monoisotopic (exact) mass is 432 g/mol. The molecule has 0 saturated carbocycles. The Balaban J connectivity index is 2.07. The molecule has 3 unspecified atom stereocenters. The number of hydrogen-bond acceptors (Lipinski definition) is 5. The number of benzene rings is 1. The van der Waals surface area contributed by atoms with Gasteiger partial charge in [-0.3, -0.25) is 14.4 Å². The van der Waals surface area contributed by atoms with Crippen molar-refractivity contribution in [3.63, 3.8) is 0 Å². The Morgan fingerprint density at radius 2 is 1.68 bits per heavy atom. The van der Waals surface area contributed by atoms with Crippen molar-refractivity contribution in [3.8, 4) is 0 Å². The molecule has 0 saturated heterocycles. The molecule has 2 aromatic rings. The Morgan fingerprint density at radius 1 is 1.03 bits per heavy atom. The van der Waals surface area contributed by atoms with Gasteiger partial charge in [0.1, 0.15) is 12.1 Å². The number of carbonyl (C=O) groups excluding carboxylic acids is 2. The number of H-pyrrole nitrogens is 1. The van der Waals surface area contributed by atoms with Gasteiger partial charge < -0.3 is 31.6 Å². The van der Waals surface area contributed by atoms with Gasteiger partial charge in [0.2, 0.25) is 11.8 Å². The number of hydrogen-bond donors (Lipinski definition) is 6. The predicted molar refractivity (Wildman–Crippen MR) is 113 cm³/mol. The van der Waals surface area contributed by atoms with Crippen molar-refractivity contribution in [2.24, 2.45) is 11.7 Å². The SMILES string of the molecule is CC(C)CC(NC(=O)C(N)Cc1c[nH]c2ccccc12)C(=O)NC(CC(=O)O)C(=O)O. The first-order chi connectivity index (χ1) is 14.6. The summed E-state index contributed by atoms with van der Waals surface area (Å²) in [6, 6.07) is 4.01. The molecule has 0 bridgehead atoms. The van der Waals surface area contributed by atoms with Gasteiger partial charge in [-0.05, 0) is 30.4 Å². The van der Waals surface area contributed by atoms with Crippen LogP contribution in [0.3, 0.4) is 0 Å². The van der Waals surface area contributed by atoms with E-state index in [0.717, 1.165) is 16.5 Å². The number of fused-ring (bicyclic) bond motifs is 1. The van der Waals surface area contributed by atoms with Crippen LogP contribution >= 0.6 is 0 Å². The standard InChI is InChI=1S/C21H28N4O6/c1-11(2)7-16(20(29)25-17(21(30)31)9-18(26)27)24-19(28)14(22)8-12-10-23-15-6-4-3-5-13(12)15/h3-6,10-11,14,16-17,23H,7-9,22H2,1-2H3,(H,24,28)(H,25,29)(H,26,27)(H,30,31). The third kappa shape index (κ3) is 6.82. The van der Waals surface area contributed by atoms with Crippen LogP contribution in [-0.2, 0) is 25.6 Å². The van der Waals surface area contributed by atoms with Crippen molar-refractivity contribution >= 4 is 34.7 Å². The molecule has 10 nitrogen and oxygen atoms in total. The Morgan fingerprint density at radius 3 is 2.29 bits per heavy atom. The summed E-state index contributed by atoms with van der Waals surface area (Å²) in [5.41, 5.74) is 7.84. The van der Waals surface area contributed by atoms with Gasteiger partial charge in [0.05, 0.1) is 12.5 Å². The molecule has 2 amide bonds. The smallest absolute Gasteiger partial charge is 0.326 e. The second kappa shape index (κ2) is 10.6. The van der Waals surface area contributed by atoms with Crippen LogP contribution in [0.5, 0.6) is 0 Å². The Labute approximate surface area is 179 Å². The molecule has 168 valence electrons. The van der Waals surface area contributed by atoms with Gasteiger partial charge in [-0.1, -0.05) is 32.0 Å². The number of aliphatic carboxylic acids is 2. The van der Waals surface area contributed by atoms with E-state index in [9.17, 15) is 19.2 Å². The highest BCUT2D eigenvalue weighted by Gasteiger charge is 2.29. The summed E-state index contributed by atoms with van der Waals surface area (Å²) in [4.78, 5) is 50.5. The van der Waals surface area contributed by atoms with Gasteiger partial charge in [-0.25, -0.2) is 4.79 Å². The van der Waals surface area contributed by atoms with E-state index in [1.165, 1.54) is 0 Å². The molecule has 0 aliphatic heterocycles. The fourth-order valence-corrected chi connectivity index (χ4v) is 3.26. The molecule has 1 aromatic carbocycles. The molecule has 1 heterocycles. The molecule has 0 aliphatic rings. The molecule has 0 spiro atoms. The Hall–Kier alpha value is -3.40. The second-order valence-electron chi connectivity index (χ2n) is 7.86. The number of amides is 2. The lowest BCUT2D eigenvalue weighted by Gasteiger charge is -2.23. The Kier molecular flexibility index (Phi) is 8.14. The molecule has 2 rings (SSSR count). The van der Waals surface area contributed by atoms with E-state index in [2.05, 4.69) is 15.6 Å². The first kappa shape index (κ1) is 23.9. The van der Waals surface area contributed by atoms with Crippen molar-refractivity contribution < 1.29 is 29.4 Å². The highest BCUT2D eigenvalue weighted by molar-refractivity contribution is 5.93. The van der Waals surface area contributed by atoms with Crippen molar-refractivity contribution in [3.05, 3.63) is 36.0 Å². The van der Waals surface area contributed by atoms with Crippen LogP contribution in [0.2, 0.25) is 0 Å². The van der Waals surface area contributed by atoms with Crippen molar-refractivity contribution in [2.45, 2.75) is 51.2 Å². The minimum atomic E-state index is -1.60. The van der Waals surface area contributed by atoms with E-state index in [-0.39, 0.29) is 18.8 Å². The van der Waals surface area contributed by atoms with Crippen LogP contribution < -0.4 is 16.4 Å².